The minimum absolute atomic E-state index is 0.0739. The number of nitrogens with one attached hydrogen (secondary N) is 3. The first-order chi connectivity index (χ1) is 19.5. The predicted octanol–water partition coefficient (Wildman–Crippen LogP) is 4.53. The molecule has 0 spiro atoms. The molecule has 2 aliphatic rings. The fraction of sp³-hybridized carbons (Fsp3) is 0.303. The van der Waals surface area contributed by atoms with E-state index in [1.165, 1.54) is 0 Å². The predicted molar refractivity (Wildman–Crippen MR) is 155 cm³/mol. The summed E-state index contributed by atoms with van der Waals surface area (Å²) in [6.45, 7) is 4.46. The van der Waals surface area contributed by atoms with Gasteiger partial charge in [-0.2, -0.15) is 0 Å². The van der Waals surface area contributed by atoms with Gasteiger partial charge >= 0.3 is 0 Å². The van der Waals surface area contributed by atoms with Gasteiger partial charge in [0.15, 0.2) is 0 Å². The second-order valence-corrected chi connectivity index (χ2v) is 10.9. The normalized spacial score (nSPS) is 18.9. The van der Waals surface area contributed by atoms with Crippen LogP contribution >= 0.6 is 0 Å². The highest BCUT2D eigenvalue weighted by molar-refractivity contribution is 6.04. The Labute approximate surface area is 234 Å². The first kappa shape index (κ1) is 25.9. The summed E-state index contributed by atoms with van der Waals surface area (Å²) in [5, 5.41) is 7.14. The third-order valence-corrected chi connectivity index (χ3v) is 8.50. The summed E-state index contributed by atoms with van der Waals surface area (Å²) in [5.74, 6) is -0.729. The van der Waals surface area contributed by atoms with E-state index in [4.69, 9.17) is 0 Å². The smallest absolute Gasteiger partial charge is 0.255 e. The van der Waals surface area contributed by atoms with E-state index in [0.717, 1.165) is 39.7 Å². The topological polar surface area (TPSA) is 94.3 Å². The number of fused-ring (bicyclic) bond motifs is 7. The molecule has 7 nitrogen and oxygen atoms in total. The summed E-state index contributed by atoms with van der Waals surface area (Å²) in [6, 6.07) is 23.8. The summed E-state index contributed by atoms with van der Waals surface area (Å²) < 4.78 is 0. The van der Waals surface area contributed by atoms with Gasteiger partial charge < -0.3 is 20.5 Å². The number of para-hydroxylation sites is 1. The number of benzene rings is 3. The van der Waals surface area contributed by atoms with Gasteiger partial charge in [-0.1, -0.05) is 87.0 Å². The summed E-state index contributed by atoms with van der Waals surface area (Å²) in [4.78, 5) is 46.3. The lowest BCUT2D eigenvalue weighted by molar-refractivity contribution is -0.133. The molecule has 6 rings (SSSR count). The minimum Gasteiger partial charge on any atom is -0.356 e. The molecular formula is C33H34N4O3. The Morgan fingerprint density at radius 2 is 1.73 bits per heavy atom. The van der Waals surface area contributed by atoms with Gasteiger partial charge in [-0.15, -0.1) is 0 Å². The van der Waals surface area contributed by atoms with Crippen molar-refractivity contribution in [1.82, 2.24) is 20.5 Å². The zero-order valence-electron chi connectivity index (χ0n) is 22.8. The maximum absolute atomic E-state index is 14.0. The SMILES string of the molecule is CC[C@H](C)[C@H](NC(=O)[C@@H]1Cc2c([nH]c3ccccc23)[C@@H]2c3ccccc3C(=O)N21)C(=O)NCCc1ccccc1. The molecule has 4 atom stereocenters. The number of hydrogen-bond acceptors (Lipinski definition) is 3. The van der Waals surface area contributed by atoms with Crippen LogP contribution in [0.2, 0.25) is 0 Å². The van der Waals surface area contributed by atoms with Crippen LogP contribution in [0.3, 0.4) is 0 Å². The molecule has 3 amide bonds. The zero-order chi connectivity index (χ0) is 27.8. The number of nitrogens with zero attached hydrogens (tertiary/aromatic N) is 1. The molecule has 3 aromatic carbocycles. The van der Waals surface area contributed by atoms with Gasteiger partial charge in [-0.25, -0.2) is 0 Å². The average molecular weight is 535 g/mol. The summed E-state index contributed by atoms with van der Waals surface area (Å²) in [6.07, 6.45) is 1.82. The second kappa shape index (κ2) is 10.6. The number of H-pyrrole nitrogens is 1. The van der Waals surface area contributed by atoms with Crippen LogP contribution in [-0.2, 0) is 22.4 Å². The number of hydrogen-bond donors (Lipinski definition) is 3. The second-order valence-electron chi connectivity index (χ2n) is 10.9. The average Bonchev–Trinajstić information content (AvgIpc) is 3.51. The minimum atomic E-state index is -0.736. The standard InChI is InChI=1S/C33H34N4O3/c1-3-20(2)28(32(39)34-18-17-21-11-5-4-6-12-21)36-31(38)27-19-25-22-13-9-10-16-26(22)35-29(25)30-23-14-7-8-15-24(23)33(40)37(27)30/h4-16,20,27-28,30,35H,3,17-19H2,1-2H3,(H,34,39)(H,36,38)/t20-,27-,28-,30-/m0/s1. The van der Waals surface area contributed by atoms with E-state index in [-0.39, 0.29) is 29.7 Å². The lowest BCUT2D eigenvalue weighted by Crippen LogP contribution is -2.58. The Morgan fingerprint density at radius 1 is 1.00 bits per heavy atom. The van der Waals surface area contributed by atoms with Gasteiger partial charge in [0, 0.05) is 35.1 Å². The van der Waals surface area contributed by atoms with Gasteiger partial charge in [0.2, 0.25) is 11.8 Å². The lowest BCUT2D eigenvalue weighted by Gasteiger charge is -2.38. The molecule has 204 valence electrons. The van der Waals surface area contributed by atoms with Crippen LogP contribution in [0, 0.1) is 5.92 Å². The lowest BCUT2D eigenvalue weighted by atomic mass is 9.89. The van der Waals surface area contributed by atoms with Crippen LogP contribution in [0.15, 0.2) is 78.9 Å². The number of aromatic nitrogens is 1. The highest BCUT2D eigenvalue weighted by atomic mass is 16.2. The summed E-state index contributed by atoms with van der Waals surface area (Å²) in [5.41, 5.74) is 5.65. The van der Waals surface area contributed by atoms with Crippen LogP contribution < -0.4 is 10.6 Å². The molecule has 0 aliphatic carbocycles. The first-order valence-corrected chi connectivity index (χ1v) is 14.1. The van der Waals surface area contributed by atoms with E-state index in [0.29, 0.717) is 24.9 Å². The maximum Gasteiger partial charge on any atom is 0.255 e. The quantitative estimate of drug-likeness (QED) is 0.310. The van der Waals surface area contributed by atoms with E-state index >= 15 is 0 Å². The highest BCUT2D eigenvalue weighted by Crippen LogP contribution is 2.46. The Bertz CT molecular complexity index is 1580. The zero-order valence-corrected chi connectivity index (χ0v) is 22.8. The monoisotopic (exact) mass is 534 g/mol. The number of rotatable bonds is 8. The number of carbonyl (C=O) groups is 3. The van der Waals surface area contributed by atoms with E-state index < -0.39 is 12.1 Å². The van der Waals surface area contributed by atoms with E-state index in [2.05, 4.69) is 21.7 Å². The van der Waals surface area contributed by atoms with Crippen molar-refractivity contribution in [2.45, 2.75) is 51.2 Å². The molecular weight excluding hydrogens is 500 g/mol. The molecule has 4 aromatic rings. The molecule has 0 saturated carbocycles. The van der Waals surface area contributed by atoms with Crippen molar-refractivity contribution in [3.63, 3.8) is 0 Å². The largest absolute Gasteiger partial charge is 0.356 e. The maximum atomic E-state index is 14.0. The van der Waals surface area contributed by atoms with Crippen molar-refractivity contribution in [2.24, 2.45) is 5.92 Å². The van der Waals surface area contributed by atoms with Crippen LogP contribution in [0.4, 0.5) is 0 Å². The van der Waals surface area contributed by atoms with Crippen LogP contribution in [0.25, 0.3) is 10.9 Å². The third kappa shape index (κ3) is 4.45. The van der Waals surface area contributed by atoms with Gasteiger partial charge in [0.05, 0.1) is 6.04 Å². The van der Waals surface area contributed by atoms with E-state index in [9.17, 15) is 14.4 Å². The number of aromatic amines is 1. The fourth-order valence-corrected chi connectivity index (χ4v) is 6.17. The molecule has 2 aliphatic heterocycles. The molecule has 7 heteroatoms. The molecule has 0 fully saturated rings. The van der Waals surface area contributed by atoms with Crippen molar-refractivity contribution >= 4 is 28.6 Å². The summed E-state index contributed by atoms with van der Waals surface area (Å²) >= 11 is 0. The van der Waals surface area contributed by atoms with Crippen LogP contribution in [0.1, 0.15) is 59.1 Å². The fourth-order valence-electron chi connectivity index (χ4n) is 6.17. The molecule has 0 bridgehead atoms. The van der Waals surface area contributed by atoms with Crippen molar-refractivity contribution in [3.05, 3.63) is 107 Å². The van der Waals surface area contributed by atoms with Crippen molar-refractivity contribution < 1.29 is 14.4 Å². The van der Waals surface area contributed by atoms with E-state index in [1.807, 2.05) is 86.6 Å². The molecule has 1 aromatic heterocycles. The number of carbonyl (C=O) groups excluding carboxylic acids is 3. The Balaban J connectivity index is 1.28. The van der Waals surface area contributed by atoms with E-state index in [1.54, 1.807) is 4.90 Å². The number of amides is 3. The van der Waals surface area contributed by atoms with Gasteiger partial charge in [0.25, 0.3) is 5.91 Å². The van der Waals surface area contributed by atoms with Crippen LogP contribution in [0.5, 0.6) is 0 Å². The molecule has 40 heavy (non-hydrogen) atoms. The van der Waals surface area contributed by atoms with Crippen molar-refractivity contribution in [1.29, 1.82) is 0 Å². The Morgan fingerprint density at radius 3 is 2.52 bits per heavy atom. The molecule has 0 radical (unpaired) electrons. The molecule has 0 unspecified atom stereocenters. The van der Waals surface area contributed by atoms with Crippen molar-refractivity contribution in [3.8, 4) is 0 Å². The van der Waals surface area contributed by atoms with Crippen molar-refractivity contribution in [2.75, 3.05) is 6.54 Å². The molecule has 3 N–H and O–H groups in total. The third-order valence-electron chi connectivity index (χ3n) is 8.50. The first-order valence-electron chi connectivity index (χ1n) is 14.1. The summed E-state index contributed by atoms with van der Waals surface area (Å²) in [7, 11) is 0. The Kier molecular flexibility index (Phi) is 6.88. The van der Waals surface area contributed by atoms with Gasteiger partial charge in [0.1, 0.15) is 12.1 Å². The molecule has 0 saturated heterocycles. The van der Waals surface area contributed by atoms with Gasteiger partial charge in [-0.05, 0) is 41.2 Å². The van der Waals surface area contributed by atoms with Gasteiger partial charge in [-0.3, -0.25) is 14.4 Å². The Hall–Kier alpha value is -4.39. The molecule has 3 heterocycles. The van der Waals surface area contributed by atoms with Crippen LogP contribution in [-0.4, -0.2) is 46.2 Å². The highest BCUT2D eigenvalue weighted by Gasteiger charge is 2.49.